The van der Waals surface area contributed by atoms with E-state index in [0.717, 1.165) is 0 Å². The lowest BCUT2D eigenvalue weighted by Gasteiger charge is -2.37. The first kappa shape index (κ1) is 8.74. The molecule has 0 amide bonds. The molecule has 5 atom stereocenters. The van der Waals surface area contributed by atoms with E-state index in [-0.39, 0.29) is 0 Å². The third-order valence-electron chi connectivity index (χ3n) is 1.76. The number of hydrogen-bond acceptors (Lipinski definition) is 6. The molecule has 0 bridgehead atoms. The van der Waals surface area contributed by atoms with Crippen molar-refractivity contribution in [1.29, 1.82) is 0 Å². The van der Waals surface area contributed by atoms with Crippen molar-refractivity contribution in [3.05, 3.63) is 0 Å². The molecule has 0 saturated carbocycles. The van der Waals surface area contributed by atoms with E-state index in [1.807, 2.05) is 0 Å². The molecule has 1 heterocycles. The van der Waals surface area contributed by atoms with Crippen molar-refractivity contribution >= 4 is 12.6 Å². The predicted molar refractivity (Wildman–Crippen MR) is 42.8 cm³/mol. The van der Waals surface area contributed by atoms with Gasteiger partial charge in [-0.15, -0.1) is 12.6 Å². The van der Waals surface area contributed by atoms with Crippen LogP contribution in [0.25, 0.3) is 0 Å². The van der Waals surface area contributed by atoms with Gasteiger partial charge in [-0.3, -0.25) is 0 Å². The Balaban J connectivity index is 2.79. The van der Waals surface area contributed by atoms with Crippen LogP contribution in [-0.2, 0) is 4.74 Å². The van der Waals surface area contributed by atoms with Crippen LogP contribution in [0, 0.1) is 0 Å². The van der Waals surface area contributed by atoms with Gasteiger partial charge in [0.15, 0.2) is 0 Å². The van der Waals surface area contributed by atoms with Gasteiger partial charge in [0.05, 0.1) is 7.98 Å². The van der Waals surface area contributed by atoms with E-state index < -0.39 is 36.4 Å². The first-order valence-electron chi connectivity index (χ1n) is 3.95. The summed E-state index contributed by atoms with van der Waals surface area (Å²) in [5.41, 5.74) is -2.01. The number of rotatable bonds is 1. The molecule has 0 aliphatic carbocycles. The number of aliphatic hydroxyl groups is 4. The SMILES string of the molecule is [2H]C1(S)O[C@H](CO)[C@@H](O)[C@H](O)[C@H]1O. The normalized spacial score (nSPS) is 56.6. The molecule has 1 saturated heterocycles. The Morgan fingerprint density at radius 3 is 2.33 bits per heavy atom. The molecule has 72 valence electrons. The zero-order valence-electron chi connectivity index (χ0n) is 7.16. The lowest BCUT2D eigenvalue weighted by Crippen LogP contribution is -2.56. The largest absolute Gasteiger partial charge is 0.394 e. The van der Waals surface area contributed by atoms with Crippen molar-refractivity contribution in [3.63, 3.8) is 0 Å². The van der Waals surface area contributed by atoms with Crippen molar-refractivity contribution in [2.45, 2.75) is 29.8 Å². The number of ether oxygens (including phenoxy) is 1. The molecule has 6 heteroatoms. The molecule has 4 N–H and O–H groups in total. The van der Waals surface area contributed by atoms with E-state index in [2.05, 4.69) is 12.6 Å². The molecule has 5 nitrogen and oxygen atoms in total. The quantitative estimate of drug-likeness (QED) is 0.305. The van der Waals surface area contributed by atoms with Crippen molar-refractivity contribution in [1.82, 2.24) is 0 Å². The maximum atomic E-state index is 9.23. The fourth-order valence-electron chi connectivity index (χ4n) is 0.993. The summed E-state index contributed by atoms with van der Waals surface area (Å²) in [6.07, 6.45) is -5.67. The highest BCUT2D eigenvalue weighted by atomic mass is 32.1. The molecular weight excluding hydrogens is 184 g/mol. The summed E-state index contributed by atoms with van der Waals surface area (Å²) in [5, 5.41) is 36.4. The van der Waals surface area contributed by atoms with Crippen LogP contribution in [0.5, 0.6) is 0 Å². The Kier molecular flexibility index (Phi) is 2.84. The third kappa shape index (κ3) is 1.73. The summed E-state index contributed by atoms with van der Waals surface area (Å²) in [7, 11) is 0. The van der Waals surface area contributed by atoms with Gasteiger partial charge in [-0.1, -0.05) is 0 Å². The van der Waals surface area contributed by atoms with Gasteiger partial charge in [0.1, 0.15) is 29.8 Å². The molecule has 1 rings (SSSR count). The molecule has 0 aromatic rings. The number of hydrogen-bond donors (Lipinski definition) is 5. The molecule has 0 aromatic carbocycles. The minimum atomic E-state index is -2.01. The fraction of sp³-hybridized carbons (Fsp3) is 1.00. The van der Waals surface area contributed by atoms with Crippen molar-refractivity contribution < 1.29 is 26.5 Å². The molecular formula is C6H12O5S. The molecule has 0 radical (unpaired) electrons. The van der Waals surface area contributed by atoms with Crippen LogP contribution in [-0.4, -0.2) is 56.9 Å². The second kappa shape index (κ2) is 3.91. The van der Waals surface area contributed by atoms with Crippen molar-refractivity contribution in [3.8, 4) is 0 Å². The van der Waals surface area contributed by atoms with E-state index >= 15 is 0 Å². The van der Waals surface area contributed by atoms with Crippen molar-refractivity contribution in [2.75, 3.05) is 6.61 Å². The van der Waals surface area contributed by atoms with Crippen LogP contribution in [0.2, 0.25) is 0 Å². The van der Waals surface area contributed by atoms with Gasteiger partial charge in [-0.2, -0.15) is 0 Å². The second-order valence-corrected chi connectivity index (χ2v) is 3.04. The summed E-state index contributed by atoms with van der Waals surface area (Å²) in [4.78, 5) is 0. The summed E-state index contributed by atoms with van der Waals surface area (Å²) in [5.74, 6) is 0. The van der Waals surface area contributed by atoms with Gasteiger partial charge >= 0.3 is 0 Å². The molecule has 1 fully saturated rings. The van der Waals surface area contributed by atoms with Gasteiger partial charge in [0.2, 0.25) is 0 Å². The number of thiol groups is 1. The highest BCUT2D eigenvalue weighted by Crippen LogP contribution is 2.22. The van der Waals surface area contributed by atoms with Crippen LogP contribution < -0.4 is 0 Å². The predicted octanol–water partition coefficient (Wildman–Crippen LogP) is -2.28. The van der Waals surface area contributed by atoms with Crippen LogP contribution in [0.4, 0.5) is 0 Å². The lowest BCUT2D eigenvalue weighted by molar-refractivity contribution is -0.205. The number of aliphatic hydroxyl groups excluding tert-OH is 4. The van der Waals surface area contributed by atoms with E-state index in [0.29, 0.717) is 0 Å². The van der Waals surface area contributed by atoms with E-state index in [9.17, 15) is 15.3 Å². The average Bonchev–Trinajstić information content (AvgIpc) is 2.08. The van der Waals surface area contributed by atoms with Gasteiger partial charge < -0.3 is 25.2 Å². The smallest absolute Gasteiger partial charge is 0.129 e. The maximum Gasteiger partial charge on any atom is 0.129 e. The zero-order chi connectivity index (χ0) is 10.2. The average molecular weight is 197 g/mol. The third-order valence-corrected chi connectivity index (χ3v) is 2.13. The lowest BCUT2D eigenvalue weighted by atomic mass is 10.0. The second-order valence-electron chi connectivity index (χ2n) is 2.60. The maximum absolute atomic E-state index is 9.23. The minimum absolute atomic E-state index is 0.549. The standard InChI is InChI=1S/C6H12O5S/c7-1-2-3(8)4(9)5(10)6(12)11-2/h2-10,12H,1H2/t2-,3-,4+,5-,6?/m1/s1/i6D. The Morgan fingerprint density at radius 1 is 1.25 bits per heavy atom. The molecule has 12 heavy (non-hydrogen) atoms. The summed E-state index contributed by atoms with van der Waals surface area (Å²) in [6.45, 7) is -0.549. The van der Waals surface area contributed by atoms with Gasteiger partial charge in [0.25, 0.3) is 0 Å². The zero-order valence-corrected chi connectivity index (χ0v) is 7.06. The van der Waals surface area contributed by atoms with Crippen LogP contribution in [0.15, 0.2) is 0 Å². The van der Waals surface area contributed by atoms with Gasteiger partial charge in [0, 0.05) is 0 Å². The molecule has 0 spiro atoms. The Bertz CT molecular complexity index is 188. The van der Waals surface area contributed by atoms with Crippen LogP contribution in [0.3, 0.4) is 0 Å². The van der Waals surface area contributed by atoms with Crippen LogP contribution >= 0.6 is 12.6 Å². The topological polar surface area (TPSA) is 90.2 Å². The first-order chi connectivity index (χ1) is 5.90. The highest BCUT2D eigenvalue weighted by Gasteiger charge is 2.41. The Morgan fingerprint density at radius 2 is 1.83 bits per heavy atom. The molecule has 0 aromatic heterocycles. The first-order valence-corrected chi connectivity index (χ1v) is 3.90. The Hall–Kier alpha value is 0.150. The summed E-state index contributed by atoms with van der Waals surface area (Å²) < 4.78 is 12.0. The molecule has 1 aliphatic heterocycles. The minimum Gasteiger partial charge on any atom is -0.394 e. The molecule has 1 unspecified atom stereocenters. The van der Waals surface area contributed by atoms with E-state index in [1.165, 1.54) is 0 Å². The Labute approximate surface area is 76.4 Å². The summed E-state index contributed by atoms with van der Waals surface area (Å²) >= 11 is 3.64. The van der Waals surface area contributed by atoms with E-state index in [4.69, 9.17) is 11.2 Å². The highest BCUT2D eigenvalue weighted by molar-refractivity contribution is 7.80. The van der Waals surface area contributed by atoms with Crippen LogP contribution in [0.1, 0.15) is 1.37 Å². The fourth-order valence-corrected chi connectivity index (χ4v) is 1.28. The van der Waals surface area contributed by atoms with E-state index in [1.54, 1.807) is 0 Å². The van der Waals surface area contributed by atoms with Gasteiger partial charge in [-0.05, 0) is 0 Å². The van der Waals surface area contributed by atoms with Gasteiger partial charge in [-0.25, -0.2) is 0 Å². The summed E-state index contributed by atoms with van der Waals surface area (Å²) in [6, 6.07) is 0. The monoisotopic (exact) mass is 197 g/mol. The molecule has 1 aliphatic rings. The van der Waals surface area contributed by atoms with Crippen molar-refractivity contribution in [2.24, 2.45) is 0 Å².